The first kappa shape index (κ1) is 82.2. The summed E-state index contributed by atoms with van der Waals surface area (Å²) in [4.78, 5) is 79.2. The van der Waals surface area contributed by atoms with Gasteiger partial charge in [-0.25, -0.2) is 14.0 Å². The Kier molecular flexibility index (Phi) is 22.3. The topological polar surface area (TPSA) is 361 Å². The highest BCUT2D eigenvalue weighted by Gasteiger charge is 2.54. The number of primary amides is 3. The summed E-state index contributed by atoms with van der Waals surface area (Å²) >= 11 is 0. The van der Waals surface area contributed by atoms with Gasteiger partial charge in [0.1, 0.15) is 51.2 Å². The number of hydrogen-bond donors (Lipinski definition) is 6. The third kappa shape index (κ3) is 16.7. The number of benzene rings is 3. The van der Waals surface area contributed by atoms with Crippen LogP contribution in [0, 0.1) is 65.6 Å². The zero-order chi connectivity index (χ0) is 84.2. The van der Waals surface area contributed by atoms with E-state index in [-0.39, 0.29) is 106 Å². The highest BCUT2D eigenvalue weighted by Crippen LogP contribution is 2.58. The second-order valence-electron chi connectivity index (χ2n) is 30.9. The predicted molar refractivity (Wildman–Crippen MR) is 411 cm³/mol. The fourth-order valence-electron chi connectivity index (χ4n) is 17.3. The minimum Gasteiger partial charge on any atom is -0.383 e. The summed E-state index contributed by atoms with van der Waals surface area (Å²) in [5, 5.41) is 30.2. The van der Waals surface area contributed by atoms with Crippen LogP contribution in [0.5, 0.6) is 0 Å². The molecule has 117 heavy (non-hydrogen) atoms. The van der Waals surface area contributed by atoms with E-state index in [0.29, 0.717) is 101 Å². The van der Waals surface area contributed by atoms with Crippen LogP contribution in [-0.2, 0) is 52.5 Å². The van der Waals surface area contributed by atoms with Crippen LogP contribution in [0.25, 0.3) is 33.8 Å². The molecule has 27 nitrogen and oxygen atoms in total. The highest BCUT2D eigenvalue weighted by atomic mass is 19.4. The Morgan fingerprint density at radius 1 is 0.487 bits per heavy atom. The smallest absolute Gasteiger partial charge is 0.383 e. The van der Waals surface area contributed by atoms with E-state index < -0.39 is 52.9 Å². The van der Waals surface area contributed by atoms with E-state index in [4.69, 9.17) is 38.9 Å². The van der Waals surface area contributed by atoms with E-state index >= 15 is 0 Å². The Hall–Kier alpha value is -12.8. The number of aromatic nitrogens is 12. The van der Waals surface area contributed by atoms with E-state index in [1.54, 1.807) is 106 Å². The van der Waals surface area contributed by atoms with Gasteiger partial charge < -0.3 is 48.7 Å². The molecule has 3 aliphatic heterocycles. The molecule has 0 radical (unpaired) electrons. The van der Waals surface area contributed by atoms with Gasteiger partial charge in [0.25, 0.3) is 35.4 Å². The lowest BCUT2D eigenvalue weighted by molar-refractivity contribution is -0.138. The van der Waals surface area contributed by atoms with Gasteiger partial charge in [-0.2, -0.15) is 70.1 Å². The van der Waals surface area contributed by atoms with Crippen molar-refractivity contribution in [3.8, 4) is 69.3 Å². The van der Waals surface area contributed by atoms with Gasteiger partial charge in [0.05, 0.1) is 72.5 Å². The van der Waals surface area contributed by atoms with Crippen LogP contribution in [0.3, 0.4) is 0 Å². The van der Waals surface area contributed by atoms with Crippen molar-refractivity contribution in [2.45, 2.75) is 149 Å². The number of carbonyl (C=O) groups is 6. The lowest BCUT2D eigenvalue weighted by Gasteiger charge is -2.45. The number of nitrogens with two attached hydrogens (primary N) is 5. The van der Waals surface area contributed by atoms with Gasteiger partial charge in [0.2, 0.25) is 0 Å². The quantitative estimate of drug-likeness (QED) is 0.0387. The van der Waals surface area contributed by atoms with Crippen LogP contribution in [0.1, 0.15) is 173 Å². The number of amides is 6. The summed E-state index contributed by atoms with van der Waals surface area (Å²) in [6.07, 6.45) is 0.0517. The van der Waals surface area contributed by atoms with Crippen LogP contribution in [0.2, 0.25) is 0 Å². The molecule has 15 rings (SSSR count). The largest absolute Gasteiger partial charge is 0.416 e. The van der Waals surface area contributed by atoms with Gasteiger partial charge in [-0.15, -0.1) is 0 Å². The number of carbonyl (C=O) groups excluding carboxylic acids is 6. The van der Waals surface area contributed by atoms with Crippen LogP contribution in [0.15, 0.2) is 97.6 Å². The molecule has 0 unspecified atom stereocenters. The number of nitrogen functional groups attached to an aromatic ring is 2. The van der Waals surface area contributed by atoms with Crippen molar-refractivity contribution < 1.29 is 68.3 Å². The molecule has 3 spiro atoms. The van der Waals surface area contributed by atoms with Gasteiger partial charge in [-0.1, -0.05) is 54.2 Å². The van der Waals surface area contributed by atoms with E-state index in [1.807, 2.05) is 0 Å². The normalized spacial score (nSPS) is 20.5. The third-order valence-corrected chi connectivity index (χ3v) is 22.9. The molecule has 36 heteroatoms. The number of likely N-dealkylation sites (tertiary alicyclic amines) is 3. The molecular weight excluding hydrogens is 1530 g/mol. The standard InChI is InChI=1S/C28H30F3N7O2.C27H28F3N7O2.C26H26F3N7O2/c1-4-6-21(39)36-10-9-27(15-36)12-20(13-27)38-25(32)23(26(33)40)24(35-38)22-16(2)34-37(17(22)3)14-18-7-5-8-19(11-18)28(29,30)31;1-3-5-21(38)35-9-8-26(16-35)11-20(12-26)37-25(32-2)22(24(31)39)23(34-37)18-13-33-36(15-18)14-17-6-4-7-19(10-17)27(28,29)30;1-2-4-20(37)34-8-7-25(15-34)10-19(11-25)36-23(30)21(24(31)38)22(33-36)17-12-32-35(14-17)13-16-5-3-6-18(9-16)26(27,28)29/h5,7-8,11,20H,9-10,12-15,32H2,1-3H3,(H2,33,40);4,6-7,10,13,15,20,32H,8-9,11-12,14,16H2,1-2H3,(H2,31,39);3,5-6,9,12,14,19H,7-8,10-11,13,15,30H2,1H3,(H2,31,38). The van der Waals surface area contributed by atoms with Gasteiger partial charge >= 0.3 is 18.5 Å². The van der Waals surface area contributed by atoms with Crippen molar-refractivity contribution in [3.63, 3.8) is 0 Å². The maximum Gasteiger partial charge on any atom is 0.416 e. The number of hydrogen-bond acceptors (Lipinski definition) is 15. The van der Waals surface area contributed by atoms with E-state index in [1.165, 1.54) is 40.0 Å². The molecule has 9 aromatic rings. The molecule has 0 atom stereocenters. The lowest BCUT2D eigenvalue weighted by Crippen LogP contribution is -2.42. The van der Waals surface area contributed by atoms with Gasteiger partial charge in [0.15, 0.2) is 0 Å². The fraction of sp³-hybridized carbons (Fsp3) is 0.407. The van der Waals surface area contributed by atoms with Crippen LogP contribution >= 0.6 is 0 Å². The SMILES string of the molecule is CC#CC(=O)N1CCC2(CC(n3nc(-c4c(C)nn(Cc5cccc(C(F)(F)F)c5)c4C)c(C(N)=O)c3N)C2)C1.CC#CC(=O)N1CCC2(CC(n3nc(-c4cnn(Cc5cccc(C(F)(F)F)c5)c4)c(C(N)=O)c3N)C2)C1.CC#CC(=O)N1CCC2(CC(n3nc(-c4cnn(Cc5cccc(C(F)(F)F)c5)c4)c(C(N)=O)c3NC)C2)C1. The Morgan fingerprint density at radius 3 is 1.19 bits per heavy atom. The molecule has 6 aliphatic rings. The molecule has 0 bridgehead atoms. The molecule has 6 aromatic heterocycles. The molecule has 3 aromatic carbocycles. The Labute approximate surface area is 665 Å². The Balaban J connectivity index is 0.000000152. The monoisotopic (exact) mass is 1620 g/mol. The number of aryl methyl sites for hydroxylation is 1. The molecule has 3 saturated heterocycles. The zero-order valence-corrected chi connectivity index (χ0v) is 64.6. The first-order chi connectivity index (χ1) is 55.4. The zero-order valence-electron chi connectivity index (χ0n) is 64.6. The van der Waals surface area contributed by atoms with E-state index in [2.05, 4.69) is 61.2 Å². The molecular formula is C81H84F9N21O6. The molecule has 3 aliphatic carbocycles. The summed E-state index contributed by atoms with van der Waals surface area (Å²) < 4.78 is 128. The Bertz CT molecular complexity index is 5610. The summed E-state index contributed by atoms with van der Waals surface area (Å²) in [6, 6.07) is 15.0. The predicted octanol–water partition coefficient (Wildman–Crippen LogP) is 10.3. The molecule has 3 saturated carbocycles. The maximum absolute atomic E-state index is 13.2. The molecule has 9 heterocycles. The first-order valence-corrected chi connectivity index (χ1v) is 37.6. The van der Waals surface area contributed by atoms with Gasteiger partial charge in [-0.3, -0.25) is 42.8 Å². The number of alkyl halides is 9. The second-order valence-corrected chi connectivity index (χ2v) is 30.9. The van der Waals surface area contributed by atoms with Crippen molar-refractivity contribution in [1.82, 2.24) is 73.4 Å². The lowest BCUT2D eigenvalue weighted by atomic mass is 9.65. The summed E-state index contributed by atoms with van der Waals surface area (Å²) in [7, 11) is 1.69. The average molecular weight is 1620 g/mol. The van der Waals surface area contributed by atoms with Crippen LogP contribution in [-0.4, -0.2) is 155 Å². The fourth-order valence-corrected chi connectivity index (χ4v) is 17.3. The molecule has 6 amide bonds. The van der Waals surface area contributed by atoms with Crippen molar-refractivity contribution in [3.05, 3.63) is 159 Å². The van der Waals surface area contributed by atoms with Crippen molar-refractivity contribution in [2.24, 2.45) is 33.4 Å². The third-order valence-electron chi connectivity index (χ3n) is 22.9. The molecule has 6 fully saturated rings. The highest BCUT2D eigenvalue weighted by molar-refractivity contribution is 6.05. The summed E-state index contributed by atoms with van der Waals surface area (Å²) in [5.74, 6) is 13.9. The molecule has 11 N–H and O–H groups in total. The molecule has 612 valence electrons. The average Bonchev–Trinajstić information content (AvgIpc) is 1.59. The summed E-state index contributed by atoms with van der Waals surface area (Å²) in [6.45, 7) is 12.6. The van der Waals surface area contributed by atoms with Crippen molar-refractivity contribution in [1.29, 1.82) is 0 Å². The van der Waals surface area contributed by atoms with Crippen LogP contribution < -0.4 is 34.0 Å². The van der Waals surface area contributed by atoms with Gasteiger partial charge in [0, 0.05) is 81.1 Å². The van der Waals surface area contributed by atoms with Crippen molar-refractivity contribution in [2.75, 3.05) is 63.1 Å². The minimum atomic E-state index is -4.45. The number of nitrogens with one attached hydrogen (secondary N) is 1. The maximum atomic E-state index is 13.2. The second kappa shape index (κ2) is 31.8. The number of halogens is 9. The summed E-state index contributed by atoms with van der Waals surface area (Å²) in [5.41, 5.74) is 33.0. The van der Waals surface area contributed by atoms with Gasteiger partial charge in [-0.05, 0) is 180 Å². The van der Waals surface area contributed by atoms with E-state index in [0.717, 1.165) is 94.2 Å². The van der Waals surface area contributed by atoms with Crippen LogP contribution in [0.4, 0.5) is 57.0 Å². The first-order valence-electron chi connectivity index (χ1n) is 37.6. The van der Waals surface area contributed by atoms with E-state index in [9.17, 15) is 68.3 Å². The minimum absolute atomic E-state index is 0.00437. The number of rotatable bonds is 16. The van der Waals surface area contributed by atoms with Crippen molar-refractivity contribution >= 4 is 52.9 Å². The number of nitrogens with zero attached hydrogens (tertiary/aromatic N) is 15. The Morgan fingerprint density at radius 2 is 0.829 bits per heavy atom. The number of anilines is 3.